The molecule has 1 aromatic carbocycles. The maximum Gasteiger partial charge on any atom is 0.238 e. The van der Waals surface area contributed by atoms with Gasteiger partial charge < -0.3 is 5.32 Å². The summed E-state index contributed by atoms with van der Waals surface area (Å²) < 4.78 is 0. The van der Waals surface area contributed by atoms with Gasteiger partial charge in [0.05, 0.1) is 17.7 Å². The van der Waals surface area contributed by atoms with E-state index in [4.69, 9.17) is 0 Å². The maximum absolute atomic E-state index is 12.1. The van der Waals surface area contributed by atoms with Crippen molar-refractivity contribution in [2.75, 3.05) is 25.0 Å². The first-order valence-electron chi connectivity index (χ1n) is 7.19. The first-order valence-corrected chi connectivity index (χ1v) is 7.19. The Morgan fingerprint density at radius 3 is 2.80 bits per heavy atom. The van der Waals surface area contributed by atoms with E-state index in [0.717, 1.165) is 29.7 Å². The third-order valence-electron chi connectivity index (χ3n) is 3.72. The van der Waals surface area contributed by atoms with Crippen LogP contribution in [-0.2, 0) is 4.79 Å². The second-order valence-corrected chi connectivity index (χ2v) is 5.27. The number of nitrogens with one attached hydrogen (secondary N) is 1. The molecule has 0 unspecified atom stereocenters. The number of piperidine rings is 1. The lowest BCUT2D eigenvalue weighted by atomic mass is 10.1. The summed E-state index contributed by atoms with van der Waals surface area (Å²) in [6, 6.07) is 9.76. The van der Waals surface area contributed by atoms with Crippen LogP contribution in [0.4, 0.5) is 5.69 Å². The van der Waals surface area contributed by atoms with Crippen LogP contribution in [-0.4, -0.2) is 35.4 Å². The fourth-order valence-corrected chi connectivity index (χ4v) is 2.72. The molecule has 0 saturated carbocycles. The minimum atomic E-state index is 0.0463. The highest BCUT2D eigenvalue weighted by Crippen LogP contribution is 2.20. The van der Waals surface area contributed by atoms with E-state index in [9.17, 15) is 4.79 Å². The molecule has 2 heterocycles. The SMILES string of the molecule is O=C(CN1CCCCC1)Nc1cccc2cccnc12. The van der Waals surface area contributed by atoms with Crippen molar-refractivity contribution in [1.82, 2.24) is 9.88 Å². The molecule has 0 radical (unpaired) electrons. The van der Waals surface area contributed by atoms with Gasteiger partial charge in [-0.05, 0) is 38.1 Å². The maximum atomic E-state index is 12.1. The summed E-state index contributed by atoms with van der Waals surface area (Å²) in [7, 11) is 0. The molecular formula is C16H19N3O. The van der Waals surface area contributed by atoms with Crippen LogP contribution in [0.1, 0.15) is 19.3 Å². The summed E-state index contributed by atoms with van der Waals surface area (Å²) in [5, 5.41) is 4.03. The Hall–Kier alpha value is -1.94. The number of carbonyl (C=O) groups is 1. The summed E-state index contributed by atoms with van der Waals surface area (Å²) in [6.45, 7) is 2.53. The normalized spacial score (nSPS) is 16.2. The standard InChI is InChI=1S/C16H19N3O/c20-15(12-19-10-2-1-3-11-19)18-14-8-4-6-13-7-5-9-17-16(13)14/h4-9H,1-3,10-12H2,(H,18,20). The number of hydrogen-bond acceptors (Lipinski definition) is 3. The van der Waals surface area contributed by atoms with Crippen molar-refractivity contribution >= 4 is 22.5 Å². The Morgan fingerprint density at radius 1 is 1.15 bits per heavy atom. The molecule has 1 N–H and O–H groups in total. The first kappa shape index (κ1) is 13.1. The third-order valence-corrected chi connectivity index (χ3v) is 3.72. The van der Waals surface area contributed by atoms with E-state index in [1.54, 1.807) is 6.20 Å². The molecule has 1 saturated heterocycles. The largest absolute Gasteiger partial charge is 0.323 e. The summed E-state index contributed by atoms with van der Waals surface area (Å²) in [4.78, 5) is 18.7. The van der Waals surface area contributed by atoms with Gasteiger partial charge in [0.1, 0.15) is 0 Å². The number of para-hydroxylation sites is 1. The molecule has 0 spiro atoms. The topological polar surface area (TPSA) is 45.2 Å². The Balaban J connectivity index is 1.71. The van der Waals surface area contributed by atoms with Gasteiger partial charge in [-0.15, -0.1) is 0 Å². The highest BCUT2D eigenvalue weighted by atomic mass is 16.2. The van der Waals surface area contributed by atoms with Gasteiger partial charge in [-0.2, -0.15) is 0 Å². The van der Waals surface area contributed by atoms with Crippen LogP contribution in [0.2, 0.25) is 0 Å². The average molecular weight is 269 g/mol. The van der Waals surface area contributed by atoms with Crippen LogP contribution in [0.5, 0.6) is 0 Å². The van der Waals surface area contributed by atoms with E-state index >= 15 is 0 Å². The predicted octanol–water partition coefficient (Wildman–Crippen LogP) is 2.66. The van der Waals surface area contributed by atoms with Crippen molar-refractivity contribution in [2.45, 2.75) is 19.3 Å². The van der Waals surface area contributed by atoms with Crippen LogP contribution in [0.15, 0.2) is 36.5 Å². The minimum absolute atomic E-state index is 0.0463. The third kappa shape index (κ3) is 2.96. The summed E-state index contributed by atoms with van der Waals surface area (Å²) in [5.41, 5.74) is 1.65. The molecule has 3 rings (SSSR count). The first-order chi connectivity index (χ1) is 9.83. The van der Waals surface area contributed by atoms with Gasteiger partial charge in [-0.3, -0.25) is 14.7 Å². The van der Waals surface area contributed by atoms with E-state index in [1.807, 2.05) is 30.3 Å². The zero-order chi connectivity index (χ0) is 13.8. The number of likely N-dealkylation sites (tertiary alicyclic amines) is 1. The van der Waals surface area contributed by atoms with Crippen LogP contribution in [0, 0.1) is 0 Å². The Bertz CT molecular complexity index is 600. The molecule has 1 aliphatic heterocycles. The summed E-state index contributed by atoms with van der Waals surface area (Å²) in [5.74, 6) is 0.0463. The number of benzene rings is 1. The highest BCUT2D eigenvalue weighted by molar-refractivity contribution is 6.00. The van der Waals surface area contributed by atoms with Crippen LogP contribution in [0.25, 0.3) is 10.9 Å². The predicted molar refractivity (Wildman–Crippen MR) is 80.7 cm³/mol. The molecule has 2 aromatic rings. The second kappa shape index (κ2) is 6.01. The average Bonchev–Trinajstić information content (AvgIpc) is 2.48. The molecule has 104 valence electrons. The smallest absolute Gasteiger partial charge is 0.238 e. The molecule has 1 amide bonds. The van der Waals surface area contributed by atoms with Crippen LogP contribution < -0.4 is 5.32 Å². The molecule has 20 heavy (non-hydrogen) atoms. The minimum Gasteiger partial charge on any atom is -0.323 e. The number of anilines is 1. The lowest BCUT2D eigenvalue weighted by Crippen LogP contribution is -2.36. The lowest BCUT2D eigenvalue weighted by Gasteiger charge is -2.25. The van der Waals surface area contributed by atoms with Crippen LogP contribution in [0.3, 0.4) is 0 Å². The van der Waals surface area contributed by atoms with E-state index in [1.165, 1.54) is 19.3 Å². The second-order valence-electron chi connectivity index (χ2n) is 5.27. The van der Waals surface area contributed by atoms with Crippen molar-refractivity contribution in [1.29, 1.82) is 0 Å². The number of aromatic nitrogens is 1. The molecule has 1 fully saturated rings. The fraction of sp³-hybridized carbons (Fsp3) is 0.375. The van der Waals surface area contributed by atoms with Gasteiger partial charge in [0.2, 0.25) is 5.91 Å². The van der Waals surface area contributed by atoms with Crippen molar-refractivity contribution < 1.29 is 4.79 Å². The van der Waals surface area contributed by atoms with Gasteiger partial charge >= 0.3 is 0 Å². The number of hydrogen-bond donors (Lipinski definition) is 1. The van der Waals surface area contributed by atoms with Gasteiger partial charge in [-0.25, -0.2) is 0 Å². The number of rotatable bonds is 3. The lowest BCUT2D eigenvalue weighted by molar-refractivity contribution is -0.117. The van der Waals surface area contributed by atoms with Gasteiger partial charge in [0.25, 0.3) is 0 Å². The van der Waals surface area contributed by atoms with Gasteiger partial charge in [-0.1, -0.05) is 24.6 Å². The van der Waals surface area contributed by atoms with Crippen molar-refractivity contribution in [3.63, 3.8) is 0 Å². The Labute approximate surface area is 118 Å². The molecule has 0 aliphatic carbocycles. The number of carbonyl (C=O) groups excluding carboxylic acids is 1. The monoisotopic (exact) mass is 269 g/mol. The number of fused-ring (bicyclic) bond motifs is 1. The van der Waals surface area contributed by atoms with E-state index in [0.29, 0.717) is 6.54 Å². The zero-order valence-corrected chi connectivity index (χ0v) is 11.5. The van der Waals surface area contributed by atoms with Gasteiger partial charge in [0.15, 0.2) is 0 Å². The molecular weight excluding hydrogens is 250 g/mol. The van der Waals surface area contributed by atoms with Gasteiger partial charge in [0, 0.05) is 11.6 Å². The van der Waals surface area contributed by atoms with Crippen molar-refractivity contribution in [3.8, 4) is 0 Å². The molecule has 4 heteroatoms. The van der Waals surface area contributed by atoms with Crippen molar-refractivity contribution in [3.05, 3.63) is 36.5 Å². The van der Waals surface area contributed by atoms with E-state index in [-0.39, 0.29) is 5.91 Å². The number of nitrogens with zero attached hydrogens (tertiary/aromatic N) is 2. The quantitative estimate of drug-likeness (QED) is 0.931. The molecule has 4 nitrogen and oxygen atoms in total. The van der Waals surface area contributed by atoms with E-state index < -0.39 is 0 Å². The van der Waals surface area contributed by atoms with E-state index in [2.05, 4.69) is 15.2 Å². The highest BCUT2D eigenvalue weighted by Gasteiger charge is 2.14. The van der Waals surface area contributed by atoms with Crippen LogP contribution >= 0.6 is 0 Å². The van der Waals surface area contributed by atoms with Crippen molar-refractivity contribution in [2.24, 2.45) is 0 Å². The summed E-state index contributed by atoms with van der Waals surface area (Å²) in [6.07, 6.45) is 5.43. The molecule has 0 bridgehead atoms. The Kier molecular flexibility index (Phi) is 3.92. The number of amides is 1. The zero-order valence-electron chi connectivity index (χ0n) is 11.5. The summed E-state index contributed by atoms with van der Waals surface area (Å²) >= 11 is 0. The number of pyridine rings is 1. The molecule has 0 atom stereocenters. The molecule has 1 aromatic heterocycles. The fourth-order valence-electron chi connectivity index (χ4n) is 2.72. The molecule has 1 aliphatic rings. The Morgan fingerprint density at radius 2 is 1.95 bits per heavy atom.